The number of amides is 2. The lowest BCUT2D eigenvalue weighted by Crippen LogP contribution is -2.44. The second kappa shape index (κ2) is 7.46. The van der Waals surface area contributed by atoms with E-state index in [-0.39, 0.29) is 23.3 Å². The summed E-state index contributed by atoms with van der Waals surface area (Å²) < 4.78 is 5.23. The quantitative estimate of drug-likeness (QED) is 0.799. The van der Waals surface area contributed by atoms with Crippen molar-refractivity contribution in [1.82, 2.24) is 10.6 Å². The maximum Gasteiger partial charge on any atom is 0.223 e. The number of carbonyl (C=O) groups excluding carboxylic acids is 2. The number of methoxy groups -OCH3 is 1. The predicted octanol–water partition coefficient (Wildman–Crippen LogP) is 2.74. The molecule has 136 valence electrons. The van der Waals surface area contributed by atoms with Crippen molar-refractivity contribution < 1.29 is 14.3 Å². The summed E-state index contributed by atoms with van der Waals surface area (Å²) in [4.78, 5) is 24.3. The molecule has 0 radical (unpaired) electrons. The monoisotopic (exact) mass is 344 g/mol. The van der Waals surface area contributed by atoms with Gasteiger partial charge in [-0.05, 0) is 42.9 Å². The fraction of sp³-hybridized carbons (Fsp3) is 0.600. The summed E-state index contributed by atoms with van der Waals surface area (Å²) in [6, 6.07) is 7.97. The minimum absolute atomic E-state index is 0.00173. The number of carbonyl (C=O) groups is 2. The van der Waals surface area contributed by atoms with Crippen LogP contribution in [-0.4, -0.2) is 25.5 Å². The van der Waals surface area contributed by atoms with Gasteiger partial charge < -0.3 is 15.4 Å². The van der Waals surface area contributed by atoms with E-state index in [0.29, 0.717) is 18.9 Å². The summed E-state index contributed by atoms with van der Waals surface area (Å²) in [7, 11) is 1.65. The van der Waals surface area contributed by atoms with E-state index in [1.165, 1.54) is 0 Å². The molecule has 2 amide bonds. The van der Waals surface area contributed by atoms with Gasteiger partial charge in [0.2, 0.25) is 11.8 Å². The fourth-order valence-corrected chi connectivity index (χ4v) is 3.82. The van der Waals surface area contributed by atoms with Crippen LogP contribution in [0.5, 0.6) is 5.75 Å². The zero-order valence-electron chi connectivity index (χ0n) is 15.1. The molecular formula is C20H28N2O3. The van der Waals surface area contributed by atoms with Gasteiger partial charge in [-0.1, -0.05) is 31.9 Å². The van der Waals surface area contributed by atoms with Crippen LogP contribution in [0.4, 0.5) is 0 Å². The Hall–Kier alpha value is -2.04. The van der Waals surface area contributed by atoms with Gasteiger partial charge in [-0.3, -0.25) is 9.59 Å². The first kappa shape index (κ1) is 17.8. The Bertz CT molecular complexity index is 620. The first-order valence-corrected chi connectivity index (χ1v) is 9.27. The minimum atomic E-state index is -0.279. The van der Waals surface area contributed by atoms with Gasteiger partial charge in [0, 0.05) is 18.9 Å². The van der Waals surface area contributed by atoms with Crippen molar-refractivity contribution >= 4 is 11.8 Å². The highest BCUT2D eigenvalue weighted by molar-refractivity contribution is 5.82. The van der Waals surface area contributed by atoms with Gasteiger partial charge in [-0.15, -0.1) is 0 Å². The van der Waals surface area contributed by atoms with Gasteiger partial charge in [0.25, 0.3) is 0 Å². The molecule has 2 aliphatic rings. The molecule has 5 heteroatoms. The van der Waals surface area contributed by atoms with Crippen molar-refractivity contribution in [2.45, 2.75) is 51.0 Å². The molecule has 2 N–H and O–H groups in total. The topological polar surface area (TPSA) is 67.4 Å². The molecule has 0 spiro atoms. The van der Waals surface area contributed by atoms with Crippen LogP contribution in [-0.2, 0) is 15.1 Å². The molecule has 2 atom stereocenters. The molecule has 0 saturated heterocycles. The summed E-state index contributed by atoms with van der Waals surface area (Å²) in [6.07, 6.45) is 5.43. The van der Waals surface area contributed by atoms with Crippen LogP contribution < -0.4 is 15.4 Å². The Morgan fingerprint density at radius 2 is 1.84 bits per heavy atom. The zero-order chi connectivity index (χ0) is 17.9. The molecular weight excluding hydrogens is 316 g/mol. The van der Waals surface area contributed by atoms with E-state index in [2.05, 4.69) is 17.6 Å². The zero-order valence-corrected chi connectivity index (χ0v) is 15.1. The maximum atomic E-state index is 12.4. The van der Waals surface area contributed by atoms with Crippen LogP contribution in [0, 0.1) is 11.8 Å². The Balaban J connectivity index is 1.55. The van der Waals surface area contributed by atoms with Crippen molar-refractivity contribution in [3.8, 4) is 5.75 Å². The Labute approximate surface area is 149 Å². The molecule has 5 nitrogen and oxygen atoms in total. The molecule has 0 bridgehead atoms. The van der Waals surface area contributed by atoms with Gasteiger partial charge in [-0.2, -0.15) is 0 Å². The highest BCUT2D eigenvalue weighted by atomic mass is 16.5. The van der Waals surface area contributed by atoms with Gasteiger partial charge in [0.05, 0.1) is 12.6 Å². The number of nitrogens with one attached hydrogen (secondary N) is 2. The summed E-state index contributed by atoms with van der Waals surface area (Å²) in [6.45, 7) is 2.49. The molecule has 25 heavy (non-hydrogen) atoms. The first-order valence-electron chi connectivity index (χ1n) is 9.27. The molecule has 2 fully saturated rings. The number of rotatable bonds is 7. The van der Waals surface area contributed by atoms with E-state index in [4.69, 9.17) is 4.74 Å². The van der Waals surface area contributed by atoms with Gasteiger partial charge >= 0.3 is 0 Å². The standard InChI is InChI=1S/C20H28N2O3/c1-14-13-17(14)19(24)21-12-9-18(23)22-20(10-3-4-11-20)15-5-7-16(25-2)8-6-15/h5-8,14,17H,3-4,9-13H2,1-2H3,(H,21,24)(H,22,23)/t14-,17-/m0/s1. The van der Waals surface area contributed by atoms with E-state index in [1.807, 2.05) is 24.3 Å². The van der Waals surface area contributed by atoms with Gasteiger partial charge in [-0.25, -0.2) is 0 Å². The van der Waals surface area contributed by atoms with E-state index >= 15 is 0 Å². The Morgan fingerprint density at radius 1 is 1.20 bits per heavy atom. The van der Waals surface area contributed by atoms with Gasteiger partial charge in [0.15, 0.2) is 0 Å². The normalized spacial score (nSPS) is 23.8. The van der Waals surface area contributed by atoms with Crippen LogP contribution in [0.15, 0.2) is 24.3 Å². The Kier molecular flexibility index (Phi) is 5.30. The molecule has 0 heterocycles. The molecule has 0 aliphatic heterocycles. The number of benzene rings is 1. The first-order chi connectivity index (χ1) is 12.0. The van der Waals surface area contributed by atoms with Crippen LogP contribution in [0.25, 0.3) is 0 Å². The second-order valence-electron chi connectivity index (χ2n) is 7.43. The highest BCUT2D eigenvalue weighted by Gasteiger charge is 2.39. The summed E-state index contributed by atoms with van der Waals surface area (Å²) in [5.41, 5.74) is 0.855. The third-order valence-electron chi connectivity index (χ3n) is 5.58. The third kappa shape index (κ3) is 4.14. The summed E-state index contributed by atoms with van der Waals surface area (Å²) >= 11 is 0. The number of hydrogen-bond donors (Lipinski definition) is 2. The van der Waals surface area contributed by atoms with Crippen molar-refractivity contribution in [2.24, 2.45) is 11.8 Å². The third-order valence-corrected chi connectivity index (χ3v) is 5.58. The highest BCUT2D eigenvalue weighted by Crippen LogP contribution is 2.39. The fourth-order valence-electron chi connectivity index (χ4n) is 3.82. The average molecular weight is 344 g/mol. The smallest absolute Gasteiger partial charge is 0.223 e. The summed E-state index contributed by atoms with van der Waals surface area (Å²) in [5, 5.41) is 6.12. The Morgan fingerprint density at radius 3 is 2.40 bits per heavy atom. The van der Waals surface area contributed by atoms with Crippen molar-refractivity contribution in [1.29, 1.82) is 0 Å². The van der Waals surface area contributed by atoms with Crippen LogP contribution in [0.2, 0.25) is 0 Å². The molecule has 2 aliphatic carbocycles. The average Bonchev–Trinajstić information content (AvgIpc) is 3.16. The molecule has 0 aromatic heterocycles. The molecule has 1 aromatic rings. The molecule has 2 saturated carbocycles. The van der Waals surface area contributed by atoms with E-state index in [1.54, 1.807) is 7.11 Å². The van der Waals surface area contributed by atoms with E-state index in [9.17, 15) is 9.59 Å². The van der Waals surface area contributed by atoms with Gasteiger partial charge in [0.1, 0.15) is 5.75 Å². The second-order valence-corrected chi connectivity index (χ2v) is 7.43. The van der Waals surface area contributed by atoms with Crippen LogP contribution in [0.3, 0.4) is 0 Å². The molecule has 0 unspecified atom stereocenters. The van der Waals surface area contributed by atoms with Crippen molar-refractivity contribution in [3.63, 3.8) is 0 Å². The number of hydrogen-bond acceptors (Lipinski definition) is 3. The minimum Gasteiger partial charge on any atom is -0.497 e. The lowest BCUT2D eigenvalue weighted by atomic mass is 9.88. The van der Waals surface area contributed by atoms with Crippen molar-refractivity contribution in [2.75, 3.05) is 13.7 Å². The van der Waals surface area contributed by atoms with Crippen LogP contribution in [0.1, 0.15) is 51.0 Å². The maximum absolute atomic E-state index is 12.4. The number of ether oxygens (including phenoxy) is 1. The van der Waals surface area contributed by atoms with Crippen molar-refractivity contribution in [3.05, 3.63) is 29.8 Å². The molecule has 1 aromatic carbocycles. The largest absolute Gasteiger partial charge is 0.497 e. The van der Waals surface area contributed by atoms with E-state index < -0.39 is 0 Å². The van der Waals surface area contributed by atoms with E-state index in [0.717, 1.165) is 43.4 Å². The van der Waals surface area contributed by atoms with Crippen LogP contribution >= 0.6 is 0 Å². The lowest BCUT2D eigenvalue weighted by Gasteiger charge is -2.31. The SMILES string of the molecule is COc1ccc(C2(NC(=O)CCNC(=O)[C@H]3C[C@@H]3C)CCCC2)cc1. The predicted molar refractivity (Wildman–Crippen MR) is 96.2 cm³/mol. The lowest BCUT2D eigenvalue weighted by molar-refractivity contribution is -0.124. The molecule has 3 rings (SSSR count). The summed E-state index contributed by atoms with van der Waals surface area (Å²) in [5.74, 6) is 1.56.